The molecule has 0 saturated carbocycles. The van der Waals surface area contributed by atoms with Gasteiger partial charge < -0.3 is 4.57 Å². The number of aromatic nitrogens is 4. The summed E-state index contributed by atoms with van der Waals surface area (Å²) in [6, 6.07) is 19.6. The third kappa shape index (κ3) is 3.42. The standard InChI is InChI=1S/C23H16ClN5O/c24-19-11-17(4-5-18(19)12-27-30)21-7-8-22-23(28-21)29(14-26-22)13-15-3-6-20-16(10-15)2-1-9-25-20/h1-11,14H,12-13H2. The number of nitrogens with zero attached hydrogens (tertiary/aromatic N) is 5. The van der Waals surface area contributed by atoms with Crippen molar-refractivity contribution in [2.45, 2.75) is 13.1 Å². The van der Waals surface area contributed by atoms with Crippen molar-refractivity contribution < 1.29 is 0 Å². The lowest BCUT2D eigenvalue weighted by atomic mass is 10.1. The predicted octanol–water partition coefficient (Wildman–Crippen LogP) is 5.61. The number of hydrogen-bond acceptors (Lipinski definition) is 5. The van der Waals surface area contributed by atoms with Crippen LogP contribution in [0.4, 0.5) is 0 Å². The normalized spacial score (nSPS) is 11.2. The average molecular weight is 414 g/mol. The molecular weight excluding hydrogens is 398 g/mol. The van der Waals surface area contributed by atoms with E-state index in [1.807, 2.05) is 47.0 Å². The molecule has 3 aromatic heterocycles. The highest BCUT2D eigenvalue weighted by Crippen LogP contribution is 2.27. The second-order valence-corrected chi connectivity index (χ2v) is 7.44. The molecule has 5 aromatic rings. The molecule has 0 unspecified atom stereocenters. The van der Waals surface area contributed by atoms with Gasteiger partial charge in [-0.15, -0.1) is 0 Å². The van der Waals surface area contributed by atoms with E-state index in [-0.39, 0.29) is 6.54 Å². The Hall–Kier alpha value is -3.64. The Morgan fingerprint density at radius 3 is 2.73 bits per heavy atom. The molecule has 0 bridgehead atoms. The Morgan fingerprint density at radius 2 is 1.87 bits per heavy atom. The number of benzene rings is 2. The molecule has 30 heavy (non-hydrogen) atoms. The summed E-state index contributed by atoms with van der Waals surface area (Å²) in [5, 5.41) is 4.52. The molecule has 0 N–H and O–H groups in total. The van der Waals surface area contributed by atoms with Crippen molar-refractivity contribution in [2.24, 2.45) is 5.18 Å². The Bertz CT molecular complexity index is 1400. The van der Waals surface area contributed by atoms with E-state index in [1.54, 1.807) is 12.5 Å². The molecule has 7 heteroatoms. The van der Waals surface area contributed by atoms with Crippen molar-refractivity contribution in [3.63, 3.8) is 0 Å². The fraction of sp³-hybridized carbons (Fsp3) is 0.0870. The summed E-state index contributed by atoms with van der Waals surface area (Å²) in [5.41, 5.74) is 6.12. The Morgan fingerprint density at radius 1 is 0.967 bits per heavy atom. The quantitative estimate of drug-likeness (QED) is 0.351. The maximum atomic E-state index is 10.5. The van der Waals surface area contributed by atoms with Crippen molar-refractivity contribution in [3.8, 4) is 11.3 Å². The monoisotopic (exact) mass is 413 g/mol. The molecule has 0 saturated heterocycles. The summed E-state index contributed by atoms with van der Waals surface area (Å²) in [7, 11) is 0. The first-order valence-electron chi connectivity index (χ1n) is 9.45. The molecule has 146 valence electrons. The largest absolute Gasteiger partial charge is 0.311 e. The number of halogens is 1. The molecule has 5 rings (SSSR count). The third-order valence-electron chi connectivity index (χ3n) is 5.07. The maximum absolute atomic E-state index is 10.5. The lowest BCUT2D eigenvalue weighted by molar-refractivity contribution is 0.815. The highest BCUT2D eigenvalue weighted by Gasteiger charge is 2.10. The summed E-state index contributed by atoms with van der Waals surface area (Å²) >= 11 is 6.29. The fourth-order valence-corrected chi connectivity index (χ4v) is 3.78. The topological polar surface area (TPSA) is 73.0 Å². The molecule has 3 heterocycles. The fourth-order valence-electron chi connectivity index (χ4n) is 3.54. The molecule has 0 spiro atoms. The van der Waals surface area contributed by atoms with Crippen molar-refractivity contribution in [1.82, 2.24) is 19.5 Å². The van der Waals surface area contributed by atoms with Crippen LogP contribution in [0.5, 0.6) is 0 Å². The van der Waals surface area contributed by atoms with Crippen molar-refractivity contribution >= 4 is 33.7 Å². The summed E-state index contributed by atoms with van der Waals surface area (Å²) in [5.74, 6) is 0. The zero-order chi connectivity index (χ0) is 20.5. The lowest BCUT2D eigenvalue weighted by Gasteiger charge is -2.08. The van der Waals surface area contributed by atoms with Gasteiger partial charge in [0.2, 0.25) is 0 Å². The summed E-state index contributed by atoms with van der Waals surface area (Å²) in [6.07, 6.45) is 3.60. The molecule has 0 radical (unpaired) electrons. The number of fused-ring (bicyclic) bond motifs is 2. The van der Waals surface area contributed by atoms with Crippen LogP contribution >= 0.6 is 11.6 Å². The molecule has 0 aliphatic heterocycles. The second-order valence-electron chi connectivity index (χ2n) is 7.04. The van der Waals surface area contributed by atoms with Crippen LogP contribution in [0.2, 0.25) is 5.02 Å². The third-order valence-corrected chi connectivity index (χ3v) is 5.42. The highest BCUT2D eigenvalue weighted by atomic mass is 35.5. The minimum absolute atomic E-state index is 0.0552. The minimum Gasteiger partial charge on any atom is -0.311 e. The van der Waals surface area contributed by atoms with Crippen LogP contribution in [0.15, 0.2) is 78.4 Å². The van der Waals surface area contributed by atoms with Gasteiger partial charge in [0.05, 0.1) is 24.1 Å². The Labute approximate surface area is 177 Å². The van der Waals surface area contributed by atoms with Gasteiger partial charge in [-0.1, -0.05) is 41.0 Å². The van der Waals surface area contributed by atoms with Crippen LogP contribution in [0, 0.1) is 4.91 Å². The van der Waals surface area contributed by atoms with Crippen LogP contribution in [-0.4, -0.2) is 19.5 Å². The SMILES string of the molecule is O=NCc1ccc(-c2ccc3ncn(Cc4ccc5ncccc5c4)c3n2)cc1Cl. The Kier molecular flexibility index (Phi) is 4.69. The van der Waals surface area contributed by atoms with E-state index in [0.717, 1.165) is 38.9 Å². The highest BCUT2D eigenvalue weighted by molar-refractivity contribution is 6.31. The van der Waals surface area contributed by atoms with E-state index < -0.39 is 0 Å². The zero-order valence-corrected chi connectivity index (χ0v) is 16.6. The van der Waals surface area contributed by atoms with Gasteiger partial charge in [-0.25, -0.2) is 9.97 Å². The first kappa shape index (κ1) is 18.4. The van der Waals surface area contributed by atoms with Crippen LogP contribution in [0.3, 0.4) is 0 Å². The predicted molar refractivity (Wildman–Crippen MR) is 118 cm³/mol. The summed E-state index contributed by atoms with van der Waals surface area (Å²) in [6.45, 7) is 0.710. The van der Waals surface area contributed by atoms with Gasteiger partial charge in [0.25, 0.3) is 0 Å². The van der Waals surface area contributed by atoms with Gasteiger partial charge in [-0.3, -0.25) is 4.98 Å². The second kappa shape index (κ2) is 7.65. The molecule has 6 nitrogen and oxygen atoms in total. The molecule has 0 aliphatic carbocycles. The minimum atomic E-state index is 0.0552. The molecule has 0 fully saturated rings. The number of pyridine rings is 2. The van der Waals surface area contributed by atoms with E-state index in [2.05, 4.69) is 33.3 Å². The molecule has 0 amide bonds. The van der Waals surface area contributed by atoms with Gasteiger partial charge >= 0.3 is 0 Å². The summed E-state index contributed by atoms with van der Waals surface area (Å²) < 4.78 is 2.03. The van der Waals surface area contributed by atoms with E-state index in [9.17, 15) is 4.91 Å². The van der Waals surface area contributed by atoms with Gasteiger partial charge in [0.1, 0.15) is 12.1 Å². The zero-order valence-electron chi connectivity index (χ0n) is 15.9. The van der Waals surface area contributed by atoms with Crippen molar-refractivity contribution in [2.75, 3.05) is 0 Å². The molecule has 0 atom stereocenters. The van der Waals surface area contributed by atoms with Crippen LogP contribution in [0.1, 0.15) is 11.1 Å². The van der Waals surface area contributed by atoms with Crippen molar-refractivity contribution in [1.29, 1.82) is 0 Å². The first-order valence-corrected chi connectivity index (χ1v) is 9.82. The number of rotatable bonds is 5. The Balaban J connectivity index is 1.51. The van der Waals surface area contributed by atoms with Crippen LogP contribution < -0.4 is 0 Å². The van der Waals surface area contributed by atoms with E-state index in [1.165, 1.54) is 0 Å². The molecular formula is C23H16ClN5O. The summed E-state index contributed by atoms with van der Waals surface area (Å²) in [4.78, 5) is 24.2. The molecule has 0 aliphatic rings. The number of imidazole rings is 1. The van der Waals surface area contributed by atoms with Crippen LogP contribution in [0.25, 0.3) is 33.3 Å². The van der Waals surface area contributed by atoms with Gasteiger partial charge in [0.15, 0.2) is 5.65 Å². The number of hydrogen-bond donors (Lipinski definition) is 0. The van der Waals surface area contributed by atoms with Gasteiger partial charge in [-0.2, -0.15) is 4.91 Å². The average Bonchev–Trinajstić information content (AvgIpc) is 3.17. The first-order chi connectivity index (χ1) is 14.7. The van der Waals surface area contributed by atoms with Crippen molar-refractivity contribution in [3.05, 3.63) is 94.2 Å². The van der Waals surface area contributed by atoms with Gasteiger partial charge in [0, 0.05) is 22.2 Å². The maximum Gasteiger partial charge on any atom is 0.160 e. The van der Waals surface area contributed by atoms with E-state index in [0.29, 0.717) is 17.1 Å². The van der Waals surface area contributed by atoms with Gasteiger partial charge in [-0.05, 0) is 47.5 Å². The smallest absolute Gasteiger partial charge is 0.160 e. The molecule has 2 aromatic carbocycles. The lowest BCUT2D eigenvalue weighted by Crippen LogP contribution is -2.00. The van der Waals surface area contributed by atoms with Crippen LogP contribution in [-0.2, 0) is 13.1 Å². The van der Waals surface area contributed by atoms with E-state index in [4.69, 9.17) is 16.6 Å². The van der Waals surface area contributed by atoms with E-state index >= 15 is 0 Å². The number of nitroso groups, excluding NO2 is 1.